The van der Waals surface area contributed by atoms with Crippen LogP contribution in [-0.2, 0) is 4.79 Å². The van der Waals surface area contributed by atoms with Crippen LogP contribution in [0.4, 0.5) is 10.5 Å². The first-order chi connectivity index (χ1) is 12.1. The van der Waals surface area contributed by atoms with E-state index >= 15 is 0 Å². The van der Waals surface area contributed by atoms with Crippen molar-refractivity contribution in [3.05, 3.63) is 29.3 Å². The summed E-state index contributed by atoms with van der Waals surface area (Å²) in [6.07, 6.45) is 6.91. The third-order valence-electron chi connectivity index (χ3n) is 5.62. The van der Waals surface area contributed by atoms with Crippen LogP contribution in [0.3, 0.4) is 0 Å². The van der Waals surface area contributed by atoms with Crippen LogP contribution in [0, 0.1) is 5.92 Å². The molecule has 134 valence electrons. The molecular weight excluding hydrogens is 338 g/mol. The van der Waals surface area contributed by atoms with Gasteiger partial charge in [0.2, 0.25) is 5.91 Å². The first kappa shape index (κ1) is 16.7. The molecule has 1 aliphatic carbocycles. The summed E-state index contributed by atoms with van der Waals surface area (Å²) in [5, 5.41) is 6.72. The lowest BCUT2D eigenvalue weighted by Crippen LogP contribution is -2.59. The zero-order valence-corrected chi connectivity index (χ0v) is 15.0. The van der Waals surface area contributed by atoms with Gasteiger partial charge in [-0.05, 0) is 57.1 Å². The van der Waals surface area contributed by atoms with Gasteiger partial charge in [-0.1, -0.05) is 23.7 Å². The average molecular weight is 362 g/mol. The molecule has 1 aromatic carbocycles. The molecule has 25 heavy (non-hydrogen) atoms. The van der Waals surface area contributed by atoms with Gasteiger partial charge in [-0.15, -0.1) is 0 Å². The maximum Gasteiger partial charge on any atom is 0.322 e. The van der Waals surface area contributed by atoms with Crippen molar-refractivity contribution in [1.82, 2.24) is 10.2 Å². The maximum atomic E-state index is 12.8. The second-order valence-corrected chi connectivity index (χ2v) is 7.91. The Labute approximate surface area is 153 Å². The molecule has 2 bridgehead atoms. The fourth-order valence-electron chi connectivity index (χ4n) is 4.24. The van der Waals surface area contributed by atoms with Gasteiger partial charge in [-0.2, -0.15) is 0 Å². The molecule has 0 radical (unpaired) electrons. The number of carbonyl (C=O) groups is 2. The molecule has 3 fully saturated rings. The normalized spacial score (nSPS) is 28.4. The first-order valence-corrected chi connectivity index (χ1v) is 9.64. The van der Waals surface area contributed by atoms with Gasteiger partial charge in [0, 0.05) is 24.0 Å². The summed E-state index contributed by atoms with van der Waals surface area (Å²) in [6.45, 7) is 0. The molecule has 2 aliphatic heterocycles. The Morgan fingerprint density at radius 1 is 1.04 bits per heavy atom. The topological polar surface area (TPSA) is 61.4 Å². The molecular formula is C19H24ClN3O2. The highest BCUT2D eigenvalue weighted by atomic mass is 35.5. The predicted molar refractivity (Wildman–Crippen MR) is 97.6 cm³/mol. The molecule has 0 aromatic heterocycles. The number of piperidine rings is 2. The molecule has 0 spiro atoms. The van der Waals surface area contributed by atoms with Crippen molar-refractivity contribution in [2.75, 3.05) is 5.32 Å². The van der Waals surface area contributed by atoms with Crippen molar-refractivity contribution >= 4 is 29.2 Å². The van der Waals surface area contributed by atoms with Crippen molar-refractivity contribution < 1.29 is 9.59 Å². The van der Waals surface area contributed by atoms with Gasteiger partial charge in [-0.25, -0.2) is 4.79 Å². The Kier molecular flexibility index (Phi) is 4.59. The van der Waals surface area contributed by atoms with Crippen molar-refractivity contribution in [3.63, 3.8) is 0 Å². The molecule has 2 heterocycles. The Balaban J connectivity index is 1.43. The van der Waals surface area contributed by atoms with Gasteiger partial charge in [0.25, 0.3) is 0 Å². The fourth-order valence-corrected chi connectivity index (χ4v) is 4.42. The lowest BCUT2D eigenvalue weighted by atomic mass is 9.82. The number of halogens is 1. The molecule has 2 saturated heterocycles. The summed E-state index contributed by atoms with van der Waals surface area (Å²) < 4.78 is 0. The van der Waals surface area contributed by atoms with E-state index in [1.54, 1.807) is 6.07 Å². The van der Waals surface area contributed by atoms with E-state index in [1.165, 1.54) is 0 Å². The van der Waals surface area contributed by atoms with E-state index in [0.29, 0.717) is 10.7 Å². The minimum absolute atomic E-state index is 0.0743. The Hall–Kier alpha value is -1.75. The Morgan fingerprint density at radius 2 is 1.72 bits per heavy atom. The van der Waals surface area contributed by atoms with E-state index in [4.69, 9.17) is 11.6 Å². The van der Waals surface area contributed by atoms with Crippen molar-refractivity contribution in [2.45, 2.75) is 63.1 Å². The van der Waals surface area contributed by atoms with Crippen LogP contribution < -0.4 is 10.6 Å². The summed E-state index contributed by atoms with van der Waals surface area (Å²) in [7, 11) is 0. The SMILES string of the molecule is O=C(NC1C[C@H]2CCC[C@@H](C1)N2C(=O)Nc1ccccc1Cl)C1CC1. The van der Waals surface area contributed by atoms with Crippen LogP contribution >= 0.6 is 11.6 Å². The second kappa shape index (κ2) is 6.87. The molecule has 1 unspecified atom stereocenters. The number of amides is 3. The van der Waals surface area contributed by atoms with E-state index in [9.17, 15) is 9.59 Å². The van der Waals surface area contributed by atoms with Crippen molar-refractivity contribution in [1.29, 1.82) is 0 Å². The van der Waals surface area contributed by atoms with Crippen molar-refractivity contribution in [3.8, 4) is 0 Å². The van der Waals surface area contributed by atoms with Crippen LogP contribution in [-0.4, -0.2) is 35.0 Å². The molecule has 3 aliphatic rings. The second-order valence-electron chi connectivity index (χ2n) is 7.51. The fraction of sp³-hybridized carbons (Fsp3) is 0.579. The summed E-state index contributed by atoms with van der Waals surface area (Å²) in [5.41, 5.74) is 0.649. The minimum atomic E-state index is -0.0743. The zero-order valence-electron chi connectivity index (χ0n) is 14.2. The number of nitrogens with zero attached hydrogens (tertiary/aromatic N) is 1. The molecule has 3 amide bonds. The number of hydrogen-bond donors (Lipinski definition) is 2. The Morgan fingerprint density at radius 3 is 2.36 bits per heavy atom. The molecule has 1 saturated carbocycles. The van der Waals surface area contributed by atoms with Gasteiger partial charge >= 0.3 is 6.03 Å². The third kappa shape index (κ3) is 3.61. The molecule has 2 N–H and O–H groups in total. The average Bonchev–Trinajstić information content (AvgIpc) is 3.41. The van der Waals surface area contributed by atoms with E-state index < -0.39 is 0 Å². The quantitative estimate of drug-likeness (QED) is 0.860. The highest BCUT2D eigenvalue weighted by Crippen LogP contribution is 2.36. The number of para-hydroxylation sites is 1. The number of urea groups is 1. The third-order valence-corrected chi connectivity index (χ3v) is 5.95. The van der Waals surface area contributed by atoms with Gasteiger partial charge in [0.05, 0.1) is 10.7 Å². The number of benzene rings is 1. The highest BCUT2D eigenvalue weighted by molar-refractivity contribution is 6.33. The van der Waals surface area contributed by atoms with Crippen LogP contribution in [0.15, 0.2) is 24.3 Å². The summed E-state index contributed by atoms with van der Waals surface area (Å²) in [5.74, 6) is 0.443. The van der Waals surface area contributed by atoms with Crippen LogP contribution in [0.1, 0.15) is 44.9 Å². The van der Waals surface area contributed by atoms with Crippen LogP contribution in [0.25, 0.3) is 0 Å². The number of anilines is 1. The lowest BCUT2D eigenvalue weighted by Gasteiger charge is -2.48. The first-order valence-electron chi connectivity index (χ1n) is 9.26. The van der Waals surface area contributed by atoms with E-state index in [1.807, 2.05) is 23.1 Å². The molecule has 5 nitrogen and oxygen atoms in total. The van der Waals surface area contributed by atoms with Gasteiger partial charge < -0.3 is 15.5 Å². The van der Waals surface area contributed by atoms with Crippen LogP contribution in [0.2, 0.25) is 5.02 Å². The van der Waals surface area contributed by atoms with Gasteiger partial charge in [0.1, 0.15) is 0 Å². The van der Waals surface area contributed by atoms with E-state index in [0.717, 1.165) is 44.9 Å². The number of rotatable bonds is 3. The highest BCUT2D eigenvalue weighted by Gasteiger charge is 2.42. The minimum Gasteiger partial charge on any atom is -0.353 e. The monoisotopic (exact) mass is 361 g/mol. The summed E-state index contributed by atoms with van der Waals surface area (Å²) >= 11 is 6.16. The zero-order chi connectivity index (χ0) is 17.4. The van der Waals surface area contributed by atoms with Crippen LogP contribution in [0.5, 0.6) is 0 Å². The van der Waals surface area contributed by atoms with E-state index in [-0.39, 0.29) is 36.0 Å². The summed E-state index contributed by atoms with van der Waals surface area (Å²) in [6, 6.07) is 7.82. The predicted octanol–water partition coefficient (Wildman–Crippen LogP) is 3.78. The van der Waals surface area contributed by atoms with Crippen molar-refractivity contribution in [2.24, 2.45) is 5.92 Å². The number of nitrogens with one attached hydrogen (secondary N) is 2. The number of hydrogen-bond acceptors (Lipinski definition) is 2. The number of carbonyl (C=O) groups excluding carboxylic acids is 2. The summed E-state index contributed by atoms with van der Waals surface area (Å²) in [4.78, 5) is 26.9. The molecule has 6 heteroatoms. The smallest absolute Gasteiger partial charge is 0.322 e. The molecule has 4 rings (SSSR count). The standard InChI is InChI=1S/C19H24ClN3O2/c20-16-6-1-2-7-17(16)22-19(25)23-14-4-3-5-15(23)11-13(10-14)21-18(24)12-8-9-12/h1-2,6-7,12-15H,3-5,8-11H2,(H,21,24)(H,22,25)/t13?,14-,15+. The van der Waals surface area contributed by atoms with E-state index in [2.05, 4.69) is 10.6 Å². The number of fused-ring (bicyclic) bond motifs is 2. The van der Waals surface area contributed by atoms with Gasteiger partial charge in [0.15, 0.2) is 0 Å². The molecule has 3 atom stereocenters. The Bertz CT molecular complexity index is 662. The maximum absolute atomic E-state index is 12.8. The molecule has 1 aromatic rings. The van der Waals surface area contributed by atoms with Gasteiger partial charge in [-0.3, -0.25) is 4.79 Å². The lowest BCUT2D eigenvalue weighted by molar-refractivity contribution is -0.123. The largest absolute Gasteiger partial charge is 0.353 e.